The topological polar surface area (TPSA) is 73.0 Å². The Bertz CT molecular complexity index is 808. The average molecular weight is 351 g/mol. The number of piperidine rings is 1. The van der Waals surface area contributed by atoms with E-state index in [1.807, 2.05) is 17.8 Å². The third-order valence-corrected chi connectivity index (χ3v) is 6.81. The Kier molecular flexibility index (Phi) is 4.78. The molecule has 8 heteroatoms. The molecule has 1 saturated heterocycles. The monoisotopic (exact) mass is 351 g/mol. The van der Waals surface area contributed by atoms with E-state index in [9.17, 15) is 8.42 Å². The Labute approximate surface area is 143 Å². The van der Waals surface area contributed by atoms with E-state index in [-0.39, 0.29) is 6.04 Å². The zero-order valence-electron chi connectivity index (χ0n) is 14.5. The van der Waals surface area contributed by atoms with Gasteiger partial charge in [0.25, 0.3) is 0 Å². The first-order chi connectivity index (χ1) is 11.4. The second-order valence-corrected chi connectivity index (χ2v) is 8.37. The van der Waals surface area contributed by atoms with Crippen LogP contribution < -0.4 is 0 Å². The smallest absolute Gasteiger partial charge is 0.246 e. The number of aryl methyl sites for hydroxylation is 4. The van der Waals surface area contributed by atoms with Gasteiger partial charge in [0.2, 0.25) is 10.0 Å². The molecule has 0 amide bonds. The highest BCUT2D eigenvalue weighted by Crippen LogP contribution is 2.28. The Morgan fingerprint density at radius 2 is 2.08 bits per heavy atom. The van der Waals surface area contributed by atoms with Gasteiger partial charge in [-0.2, -0.15) is 9.40 Å². The molecule has 0 aromatic carbocycles. The van der Waals surface area contributed by atoms with E-state index in [0.717, 1.165) is 37.9 Å². The summed E-state index contributed by atoms with van der Waals surface area (Å²) in [7, 11) is 0.220. The third kappa shape index (κ3) is 3.25. The van der Waals surface area contributed by atoms with E-state index < -0.39 is 10.0 Å². The number of rotatable bonds is 5. The van der Waals surface area contributed by atoms with Crippen LogP contribution in [0.5, 0.6) is 0 Å². The first-order valence-corrected chi connectivity index (χ1v) is 9.82. The highest BCUT2D eigenvalue weighted by atomic mass is 32.2. The maximum Gasteiger partial charge on any atom is 0.246 e. The standard InChI is InChI=1S/C16H25N5O2S/c1-13-15(12-20(3)18-13)24(22,23)21-10-5-4-6-14(21)7-8-16-17-9-11-19(16)2/h9,11-12,14H,4-8,10H2,1-3H3/t14-/m0/s1. The van der Waals surface area contributed by atoms with Crippen LogP contribution in [0.2, 0.25) is 0 Å². The number of nitrogens with zero attached hydrogens (tertiary/aromatic N) is 5. The van der Waals surface area contributed by atoms with Crippen LogP contribution >= 0.6 is 0 Å². The molecule has 2 aromatic heterocycles. The predicted molar refractivity (Wildman–Crippen MR) is 91.0 cm³/mol. The minimum atomic E-state index is -3.50. The van der Waals surface area contributed by atoms with E-state index in [2.05, 4.69) is 10.1 Å². The fourth-order valence-corrected chi connectivity index (χ4v) is 5.39. The van der Waals surface area contributed by atoms with Crippen molar-refractivity contribution in [3.63, 3.8) is 0 Å². The van der Waals surface area contributed by atoms with Crippen molar-refractivity contribution in [1.29, 1.82) is 0 Å². The lowest BCUT2D eigenvalue weighted by Gasteiger charge is -2.34. The van der Waals surface area contributed by atoms with Crippen LogP contribution in [0.25, 0.3) is 0 Å². The lowest BCUT2D eigenvalue weighted by atomic mass is 10.0. The SMILES string of the molecule is Cc1nn(C)cc1S(=O)(=O)N1CCCC[C@H]1CCc1nccn1C. The molecular weight excluding hydrogens is 326 g/mol. The van der Waals surface area contributed by atoms with E-state index in [0.29, 0.717) is 17.1 Å². The van der Waals surface area contributed by atoms with Crippen molar-refractivity contribution in [2.45, 2.75) is 50.0 Å². The Morgan fingerprint density at radius 1 is 1.29 bits per heavy atom. The molecule has 2 aromatic rings. The van der Waals surface area contributed by atoms with Crippen LogP contribution in [0.3, 0.4) is 0 Å². The molecular formula is C16H25N5O2S. The van der Waals surface area contributed by atoms with Gasteiger partial charge < -0.3 is 4.57 Å². The van der Waals surface area contributed by atoms with Crippen molar-refractivity contribution in [2.24, 2.45) is 14.1 Å². The van der Waals surface area contributed by atoms with Crippen molar-refractivity contribution < 1.29 is 8.42 Å². The summed E-state index contributed by atoms with van der Waals surface area (Å²) in [6.45, 7) is 2.33. The summed E-state index contributed by atoms with van der Waals surface area (Å²) in [5.41, 5.74) is 0.561. The van der Waals surface area contributed by atoms with Gasteiger partial charge in [-0.05, 0) is 26.2 Å². The van der Waals surface area contributed by atoms with E-state index in [4.69, 9.17) is 0 Å². The molecule has 0 spiro atoms. The minimum absolute atomic E-state index is 0.0278. The van der Waals surface area contributed by atoms with Crippen LogP contribution in [-0.4, -0.2) is 44.6 Å². The second-order valence-electron chi connectivity index (χ2n) is 6.51. The third-order valence-electron chi connectivity index (χ3n) is 4.75. The Balaban J connectivity index is 1.81. The summed E-state index contributed by atoms with van der Waals surface area (Å²) in [4.78, 5) is 4.67. The molecule has 0 aliphatic carbocycles. The predicted octanol–water partition coefficient (Wildman–Crippen LogP) is 1.64. The molecule has 1 fully saturated rings. The molecule has 0 saturated carbocycles. The lowest BCUT2D eigenvalue weighted by Crippen LogP contribution is -2.44. The van der Waals surface area contributed by atoms with Gasteiger partial charge in [-0.3, -0.25) is 4.68 Å². The summed E-state index contributed by atoms with van der Waals surface area (Å²) in [5.74, 6) is 0.996. The van der Waals surface area contributed by atoms with E-state index in [1.54, 1.807) is 35.4 Å². The molecule has 0 unspecified atom stereocenters. The molecule has 0 radical (unpaired) electrons. The Hall–Kier alpha value is -1.67. The van der Waals surface area contributed by atoms with Gasteiger partial charge in [0.05, 0.1) is 5.69 Å². The van der Waals surface area contributed by atoms with Gasteiger partial charge in [-0.1, -0.05) is 6.42 Å². The molecule has 1 aliphatic rings. The molecule has 0 N–H and O–H groups in total. The van der Waals surface area contributed by atoms with Crippen LogP contribution in [-0.2, 0) is 30.5 Å². The van der Waals surface area contributed by atoms with Crippen LogP contribution in [0.15, 0.2) is 23.5 Å². The zero-order chi connectivity index (χ0) is 17.3. The molecule has 0 bridgehead atoms. The summed E-state index contributed by atoms with van der Waals surface area (Å²) in [5, 5.41) is 4.19. The van der Waals surface area contributed by atoms with Gasteiger partial charge >= 0.3 is 0 Å². The highest BCUT2D eigenvalue weighted by Gasteiger charge is 2.35. The lowest BCUT2D eigenvalue weighted by molar-refractivity contribution is 0.239. The molecule has 3 heterocycles. The van der Waals surface area contributed by atoms with Crippen molar-refractivity contribution >= 4 is 10.0 Å². The first kappa shape index (κ1) is 17.2. The fraction of sp³-hybridized carbons (Fsp3) is 0.625. The summed E-state index contributed by atoms with van der Waals surface area (Å²) in [6, 6.07) is 0.0278. The molecule has 3 rings (SSSR count). The largest absolute Gasteiger partial charge is 0.338 e. The minimum Gasteiger partial charge on any atom is -0.338 e. The van der Waals surface area contributed by atoms with Crippen molar-refractivity contribution in [3.05, 3.63) is 30.1 Å². The number of sulfonamides is 1. The fourth-order valence-electron chi connectivity index (χ4n) is 3.47. The molecule has 7 nitrogen and oxygen atoms in total. The summed E-state index contributed by atoms with van der Waals surface area (Å²) >= 11 is 0. The molecule has 24 heavy (non-hydrogen) atoms. The molecule has 132 valence electrons. The van der Waals surface area contributed by atoms with Gasteiger partial charge in [0.1, 0.15) is 10.7 Å². The number of imidazole rings is 1. The molecule has 1 atom stereocenters. The maximum absolute atomic E-state index is 13.1. The second kappa shape index (κ2) is 6.68. The van der Waals surface area contributed by atoms with Gasteiger partial charge in [-0.15, -0.1) is 0 Å². The van der Waals surface area contributed by atoms with Crippen molar-refractivity contribution in [2.75, 3.05) is 6.54 Å². The van der Waals surface area contributed by atoms with Gasteiger partial charge in [0.15, 0.2) is 0 Å². The van der Waals surface area contributed by atoms with Crippen LogP contribution in [0, 0.1) is 6.92 Å². The highest BCUT2D eigenvalue weighted by molar-refractivity contribution is 7.89. The Morgan fingerprint density at radius 3 is 2.71 bits per heavy atom. The van der Waals surface area contributed by atoms with E-state index >= 15 is 0 Å². The average Bonchev–Trinajstić information content (AvgIpc) is 3.10. The number of hydrogen-bond acceptors (Lipinski definition) is 4. The van der Waals surface area contributed by atoms with Crippen molar-refractivity contribution in [3.8, 4) is 0 Å². The van der Waals surface area contributed by atoms with Crippen molar-refractivity contribution in [1.82, 2.24) is 23.6 Å². The maximum atomic E-state index is 13.1. The van der Waals surface area contributed by atoms with Gasteiger partial charge in [-0.25, -0.2) is 13.4 Å². The first-order valence-electron chi connectivity index (χ1n) is 8.38. The normalized spacial score (nSPS) is 19.7. The molecule has 1 aliphatic heterocycles. The van der Waals surface area contributed by atoms with Gasteiger partial charge in [0, 0.05) is 51.7 Å². The summed E-state index contributed by atoms with van der Waals surface area (Å²) in [6.07, 6.45) is 9.78. The van der Waals surface area contributed by atoms with Crippen LogP contribution in [0.1, 0.15) is 37.2 Å². The van der Waals surface area contributed by atoms with Crippen LogP contribution in [0.4, 0.5) is 0 Å². The van der Waals surface area contributed by atoms with E-state index in [1.165, 1.54) is 0 Å². The zero-order valence-corrected chi connectivity index (χ0v) is 15.3. The number of hydrogen-bond donors (Lipinski definition) is 0. The number of aromatic nitrogens is 4. The quantitative estimate of drug-likeness (QED) is 0.821. The summed E-state index contributed by atoms with van der Waals surface area (Å²) < 4.78 is 31.5.